The van der Waals surface area contributed by atoms with Gasteiger partial charge in [-0.2, -0.15) is 4.98 Å². The SMILES string of the molecule is CCCNc1nc(Nc2ccc(C(N)=O)cc2)ncc1C(=O)Nc1ccccc1CNC(=O)[C@H](C)N(C)C(=O)/C=C/CN(C)C. The fourth-order valence-electron chi connectivity index (χ4n) is 4.00. The molecule has 13 nitrogen and oxygen atoms in total. The van der Waals surface area contributed by atoms with E-state index in [9.17, 15) is 19.2 Å². The quantitative estimate of drug-likeness (QED) is 0.161. The first-order chi connectivity index (χ1) is 21.5. The van der Waals surface area contributed by atoms with Gasteiger partial charge in [-0.25, -0.2) is 4.98 Å². The minimum Gasteiger partial charge on any atom is -0.369 e. The van der Waals surface area contributed by atoms with Crippen LogP contribution in [0.25, 0.3) is 0 Å². The van der Waals surface area contributed by atoms with Crippen molar-refractivity contribution in [3.05, 3.63) is 83.6 Å². The van der Waals surface area contributed by atoms with Crippen molar-refractivity contribution in [1.29, 1.82) is 0 Å². The highest BCUT2D eigenvalue weighted by Gasteiger charge is 2.22. The van der Waals surface area contributed by atoms with Crippen LogP contribution < -0.4 is 27.0 Å². The molecule has 0 aliphatic heterocycles. The van der Waals surface area contributed by atoms with Crippen LogP contribution in [0, 0.1) is 0 Å². The van der Waals surface area contributed by atoms with Gasteiger partial charge in [0.15, 0.2) is 0 Å². The maximum absolute atomic E-state index is 13.4. The van der Waals surface area contributed by atoms with Crippen LogP contribution in [0.5, 0.6) is 0 Å². The molecule has 238 valence electrons. The number of nitrogens with zero attached hydrogens (tertiary/aromatic N) is 4. The van der Waals surface area contributed by atoms with Crippen molar-refractivity contribution in [3.63, 3.8) is 0 Å². The van der Waals surface area contributed by atoms with Crippen LogP contribution in [0.15, 0.2) is 66.9 Å². The summed E-state index contributed by atoms with van der Waals surface area (Å²) in [5.74, 6) is -0.976. The van der Waals surface area contributed by atoms with E-state index in [0.29, 0.717) is 41.4 Å². The molecule has 0 saturated carbocycles. The van der Waals surface area contributed by atoms with Crippen molar-refractivity contribution in [2.75, 3.05) is 50.2 Å². The number of primary amides is 1. The van der Waals surface area contributed by atoms with Crippen LogP contribution in [-0.4, -0.2) is 83.7 Å². The van der Waals surface area contributed by atoms with Crippen LogP contribution >= 0.6 is 0 Å². The molecule has 1 aromatic heterocycles. The van der Waals surface area contributed by atoms with Crippen LogP contribution in [0.1, 0.15) is 46.5 Å². The molecule has 0 bridgehead atoms. The van der Waals surface area contributed by atoms with Crippen molar-refractivity contribution >= 4 is 46.8 Å². The molecule has 0 unspecified atom stereocenters. The lowest BCUT2D eigenvalue weighted by Crippen LogP contribution is -2.45. The molecule has 0 spiro atoms. The number of hydrogen-bond acceptors (Lipinski definition) is 9. The topological polar surface area (TPSA) is 175 Å². The summed E-state index contributed by atoms with van der Waals surface area (Å²) in [6, 6.07) is 12.9. The maximum Gasteiger partial charge on any atom is 0.261 e. The number of anilines is 4. The summed E-state index contributed by atoms with van der Waals surface area (Å²) in [4.78, 5) is 62.2. The Morgan fingerprint density at radius 3 is 2.40 bits per heavy atom. The number of nitrogens with two attached hydrogens (primary N) is 1. The Labute approximate surface area is 263 Å². The number of hydrogen-bond donors (Lipinski definition) is 5. The van der Waals surface area contributed by atoms with E-state index < -0.39 is 17.9 Å². The lowest BCUT2D eigenvalue weighted by molar-refractivity contribution is -0.135. The highest BCUT2D eigenvalue weighted by atomic mass is 16.2. The Morgan fingerprint density at radius 1 is 1.02 bits per heavy atom. The Balaban J connectivity index is 1.70. The number of carbonyl (C=O) groups is 4. The van der Waals surface area contributed by atoms with Gasteiger partial charge in [-0.05, 0) is 63.3 Å². The molecular formula is C32H41N9O4. The fourth-order valence-corrected chi connectivity index (χ4v) is 4.00. The highest BCUT2D eigenvalue weighted by molar-refractivity contribution is 6.07. The van der Waals surface area contributed by atoms with Gasteiger partial charge in [-0.1, -0.05) is 31.2 Å². The first-order valence-corrected chi connectivity index (χ1v) is 14.5. The molecule has 2 aromatic carbocycles. The molecule has 0 fully saturated rings. The number of likely N-dealkylation sites (N-methyl/N-ethyl adjacent to an activating group) is 2. The summed E-state index contributed by atoms with van der Waals surface area (Å²) in [7, 11) is 5.37. The predicted octanol–water partition coefficient (Wildman–Crippen LogP) is 2.97. The van der Waals surface area contributed by atoms with Gasteiger partial charge in [0.05, 0.1) is 0 Å². The molecule has 0 aliphatic rings. The number of benzene rings is 2. The molecule has 45 heavy (non-hydrogen) atoms. The van der Waals surface area contributed by atoms with Crippen LogP contribution in [-0.2, 0) is 16.1 Å². The normalized spacial score (nSPS) is 11.6. The van der Waals surface area contributed by atoms with Crippen molar-refractivity contribution in [2.24, 2.45) is 5.73 Å². The van der Waals surface area contributed by atoms with E-state index in [-0.39, 0.29) is 29.9 Å². The van der Waals surface area contributed by atoms with E-state index in [1.807, 2.05) is 25.9 Å². The minimum atomic E-state index is -0.708. The van der Waals surface area contributed by atoms with Crippen LogP contribution in [0.3, 0.4) is 0 Å². The second-order valence-corrected chi connectivity index (χ2v) is 10.6. The summed E-state index contributed by atoms with van der Waals surface area (Å²) in [5, 5.41) is 12.0. The van der Waals surface area contributed by atoms with Gasteiger partial charge in [0.2, 0.25) is 23.7 Å². The number of carbonyl (C=O) groups excluding carboxylic acids is 4. The fraction of sp³-hybridized carbons (Fsp3) is 0.312. The zero-order valence-electron chi connectivity index (χ0n) is 26.3. The Hall–Kier alpha value is -5.30. The van der Waals surface area contributed by atoms with Crippen LogP contribution in [0.2, 0.25) is 0 Å². The average Bonchev–Trinajstić information content (AvgIpc) is 3.02. The third-order valence-corrected chi connectivity index (χ3v) is 6.76. The molecule has 1 atom stereocenters. The van der Waals surface area contributed by atoms with Gasteiger partial charge < -0.3 is 36.8 Å². The first kappa shape index (κ1) is 34.2. The smallest absolute Gasteiger partial charge is 0.261 e. The molecule has 3 aromatic rings. The Bertz CT molecular complexity index is 1520. The minimum absolute atomic E-state index is 0.132. The van der Waals surface area contributed by atoms with Gasteiger partial charge >= 0.3 is 0 Å². The molecule has 1 heterocycles. The third-order valence-electron chi connectivity index (χ3n) is 6.76. The number of amides is 4. The van der Waals surface area contributed by atoms with Crippen LogP contribution in [0.4, 0.5) is 23.1 Å². The van der Waals surface area contributed by atoms with Crippen molar-refractivity contribution < 1.29 is 19.2 Å². The van der Waals surface area contributed by atoms with Gasteiger partial charge in [0.1, 0.15) is 17.4 Å². The second-order valence-electron chi connectivity index (χ2n) is 10.6. The third kappa shape index (κ3) is 10.1. The van der Waals surface area contributed by atoms with Crippen molar-refractivity contribution in [3.8, 4) is 0 Å². The Kier molecular flexibility index (Phi) is 12.6. The monoisotopic (exact) mass is 615 g/mol. The average molecular weight is 616 g/mol. The van der Waals surface area contributed by atoms with Gasteiger partial charge in [0, 0.05) is 55.9 Å². The molecule has 13 heteroatoms. The molecular weight excluding hydrogens is 574 g/mol. The summed E-state index contributed by atoms with van der Waals surface area (Å²) < 4.78 is 0. The standard InChI is InChI=1S/C32H41N9O4/c1-6-17-34-29-25(20-36-32(39-29)37-24-15-13-22(14-16-24)28(33)43)31(45)38-26-11-8-7-10-23(26)19-35-30(44)21(2)41(5)27(42)12-9-18-40(3)4/h7-16,20-21H,6,17-19H2,1-5H3,(H2,33,43)(H,35,44)(H,38,45)(H2,34,36,37,39)/b12-9+/t21-/m0/s1. The number of nitrogens with one attached hydrogen (secondary N) is 4. The lowest BCUT2D eigenvalue weighted by atomic mass is 10.1. The van der Waals surface area contributed by atoms with Gasteiger partial charge in [0.25, 0.3) is 5.91 Å². The van der Waals surface area contributed by atoms with Gasteiger partial charge in [-0.3, -0.25) is 19.2 Å². The van der Waals surface area contributed by atoms with E-state index in [2.05, 4.69) is 31.2 Å². The molecule has 6 N–H and O–H groups in total. The molecule has 0 radical (unpaired) electrons. The van der Waals surface area contributed by atoms with Crippen molar-refractivity contribution in [2.45, 2.75) is 32.9 Å². The lowest BCUT2D eigenvalue weighted by Gasteiger charge is -2.23. The van der Waals surface area contributed by atoms with Crippen molar-refractivity contribution in [1.82, 2.24) is 25.1 Å². The number of rotatable bonds is 15. The maximum atomic E-state index is 13.4. The molecule has 0 saturated heterocycles. The number of aromatic nitrogens is 2. The zero-order valence-corrected chi connectivity index (χ0v) is 26.3. The van der Waals surface area contributed by atoms with E-state index in [4.69, 9.17) is 5.73 Å². The molecule has 4 amide bonds. The highest BCUT2D eigenvalue weighted by Crippen LogP contribution is 2.21. The predicted molar refractivity (Wildman–Crippen MR) is 175 cm³/mol. The van der Waals surface area contributed by atoms with E-state index in [1.54, 1.807) is 68.6 Å². The summed E-state index contributed by atoms with van der Waals surface area (Å²) in [5.41, 5.74) is 7.73. The summed E-state index contributed by atoms with van der Waals surface area (Å²) >= 11 is 0. The summed E-state index contributed by atoms with van der Waals surface area (Å²) in [6.07, 6.45) is 5.42. The number of para-hydroxylation sites is 1. The van der Waals surface area contributed by atoms with E-state index in [1.165, 1.54) is 17.2 Å². The largest absolute Gasteiger partial charge is 0.369 e. The molecule has 0 aliphatic carbocycles. The zero-order chi connectivity index (χ0) is 32.9. The van der Waals surface area contributed by atoms with E-state index in [0.717, 1.165) is 6.42 Å². The van der Waals surface area contributed by atoms with Gasteiger partial charge in [-0.15, -0.1) is 0 Å². The molecule has 3 rings (SSSR count). The van der Waals surface area contributed by atoms with E-state index >= 15 is 0 Å². The summed E-state index contributed by atoms with van der Waals surface area (Å²) in [6.45, 7) is 4.97. The first-order valence-electron chi connectivity index (χ1n) is 14.5. The Morgan fingerprint density at radius 2 is 1.73 bits per heavy atom. The second kappa shape index (κ2) is 16.5.